The Kier molecular flexibility index (Phi) is 5.37. The van der Waals surface area contributed by atoms with Crippen LogP contribution in [0.5, 0.6) is 0 Å². The number of nitrogens with one attached hydrogen (secondary N) is 1. The maximum absolute atomic E-state index is 12.7. The number of rotatable bonds is 5. The number of amides is 1. The van der Waals surface area contributed by atoms with E-state index in [1.165, 1.54) is 5.56 Å². The van der Waals surface area contributed by atoms with Crippen molar-refractivity contribution in [3.63, 3.8) is 0 Å². The van der Waals surface area contributed by atoms with Crippen LogP contribution in [0.1, 0.15) is 37.3 Å². The van der Waals surface area contributed by atoms with Crippen molar-refractivity contribution in [2.75, 3.05) is 7.05 Å². The van der Waals surface area contributed by atoms with Crippen molar-refractivity contribution in [1.82, 2.24) is 10.2 Å². The molecule has 4 heteroatoms. The molecule has 1 heterocycles. The van der Waals surface area contributed by atoms with Crippen LogP contribution in [0.3, 0.4) is 0 Å². The van der Waals surface area contributed by atoms with Gasteiger partial charge in [0.15, 0.2) is 0 Å². The van der Waals surface area contributed by atoms with Crippen molar-refractivity contribution < 1.29 is 4.79 Å². The highest BCUT2D eigenvalue weighted by Crippen LogP contribution is 2.26. The van der Waals surface area contributed by atoms with Crippen molar-refractivity contribution in [2.45, 2.75) is 38.9 Å². The molecule has 1 aromatic heterocycles. The van der Waals surface area contributed by atoms with E-state index in [0.717, 1.165) is 11.4 Å². The summed E-state index contributed by atoms with van der Waals surface area (Å²) in [5.74, 6) is 0.0494. The Hall–Kier alpha value is -1.65. The van der Waals surface area contributed by atoms with E-state index < -0.39 is 0 Å². The Balaban J connectivity index is 2.19. The number of benzene rings is 1. The molecule has 1 unspecified atom stereocenters. The lowest BCUT2D eigenvalue weighted by Crippen LogP contribution is -2.46. The number of nitrogens with zero attached hydrogens (tertiary/aromatic N) is 1. The van der Waals surface area contributed by atoms with E-state index in [2.05, 4.69) is 22.3 Å². The summed E-state index contributed by atoms with van der Waals surface area (Å²) >= 11 is 1.62. The van der Waals surface area contributed by atoms with Crippen molar-refractivity contribution in [1.29, 1.82) is 0 Å². The van der Waals surface area contributed by atoms with E-state index in [1.807, 2.05) is 63.5 Å². The van der Waals surface area contributed by atoms with Gasteiger partial charge in [-0.05, 0) is 44.8 Å². The third-order valence-electron chi connectivity index (χ3n) is 3.27. The summed E-state index contributed by atoms with van der Waals surface area (Å²) in [4.78, 5) is 15.9. The van der Waals surface area contributed by atoms with Crippen LogP contribution >= 0.6 is 11.3 Å². The third-order valence-corrected chi connectivity index (χ3v) is 4.20. The summed E-state index contributed by atoms with van der Waals surface area (Å²) in [6.07, 6.45) is 0. The van der Waals surface area contributed by atoms with Gasteiger partial charge in [0.2, 0.25) is 5.91 Å². The maximum atomic E-state index is 12.7. The van der Waals surface area contributed by atoms with Crippen LogP contribution in [-0.2, 0) is 11.3 Å². The van der Waals surface area contributed by atoms with Gasteiger partial charge in [0, 0.05) is 17.0 Å². The summed E-state index contributed by atoms with van der Waals surface area (Å²) < 4.78 is 0. The summed E-state index contributed by atoms with van der Waals surface area (Å²) in [6, 6.07) is 14.0. The third kappa shape index (κ3) is 4.68. The predicted molar refractivity (Wildman–Crippen MR) is 92.9 cm³/mol. The van der Waals surface area contributed by atoms with E-state index >= 15 is 0 Å². The lowest BCUT2D eigenvalue weighted by molar-refractivity contribution is -0.127. The molecule has 1 N–H and O–H groups in total. The minimum absolute atomic E-state index is 0.0494. The van der Waals surface area contributed by atoms with Crippen LogP contribution in [0.2, 0.25) is 0 Å². The molecule has 22 heavy (non-hydrogen) atoms. The van der Waals surface area contributed by atoms with Crippen LogP contribution < -0.4 is 5.32 Å². The van der Waals surface area contributed by atoms with Crippen LogP contribution in [0, 0.1) is 0 Å². The monoisotopic (exact) mass is 316 g/mol. The minimum atomic E-state index is -0.264. The molecule has 0 spiro atoms. The molecule has 0 aliphatic carbocycles. The molecule has 3 nitrogen and oxygen atoms in total. The van der Waals surface area contributed by atoms with Crippen LogP contribution in [0.4, 0.5) is 0 Å². The van der Waals surface area contributed by atoms with Gasteiger partial charge < -0.3 is 5.32 Å². The molecule has 0 saturated heterocycles. The van der Waals surface area contributed by atoms with Gasteiger partial charge in [-0.25, -0.2) is 0 Å². The van der Waals surface area contributed by atoms with E-state index in [0.29, 0.717) is 0 Å². The topological polar surface area (TPSA) is 32.3 Å². The standard InChI is InChI=1S/C18H24N2OS/c1-18(2,3)19-17(21)16(15-11-8-12-22-15)20(4)13-14-9-6-5-7-10-14/h5-12,16H,13H2,1-4H3,(H,19,21). The normalized spacial score (nSPS) is 13.1. The fourth-order valence-electron chi connectivity index (χ4n) is 2.39. The van der Waals surface area contributed by atoms with Crippen molar-refractivity contribution in [3.8, 4) is 0 Å². The number of thiophene rings is 1. The van der Waals surface area contributed by atoms with Gasteiger partial charge in [-0.1, -0.05) is 36.4 Å². The molecule has 0 bridgehead atoms. The fraction of sp³-hybridized carbons (Fsp3) is 0.389. The molecule has 0 aliphatic rings. The molecule has 1 aromatic carbocycles. The Morgan fingerprint density at radius 1 is 1.18 bits per heavy atom. The molecular weight excluding hydrogens is 292 g/mol. The van der Waals surface area contributed by atoms with Crippen LogP contribution in [0.25, 0.3) is 0 Å². The molecule has 2 aromatic rings. The molecule has 1 atom stereocenters. The van der Waals surface area contributed by atoms with Crippen LogP contribution in [0.15, 0.2) is 47.8 Å². The Morgan fingerprint density at radius 3 is 2.41 bits per heavy atom. The largest absolute Gasteiger partial charge is 0.350 e. The Bertz CT molecular complexity index is 587. The lowest BCUT2D eigenvalue weighted by atomic mass is 10.1. The summed E-state index contributed by atoms with van der Waals surface area (Å²) in [6.45, 7) is 6.76. The average molecular weight is 316 g/mol. The predicted octanol–water partition coefficient (Wildman–Crippen LogP) is 3.84. The molecule has 0 aliphatic heterocycles. The second-order valence-corrected chi connectivity index (χ2v) is 7.54. The molecular formula is C18H24N2OS. The van der Waals surface area contributed by atoms with Gasteiger partial charge >= 0.3 is 0 Å². The lowest BCUT2D eigenvalue weighted by Gasteiger charge is -2.30. The molecule has 0 radical (unpaired) electrons. The minimum Gasteiger partial charge on any atom is -0.350 e. The molecule has 0 fully saturated rings. The highest BCUT2D eigenvalue weighted by atomic mass is 32.1. The first-order valence-electron chi connectivity index (χ1n) is 7.46. The Labute approximate surface area is 137 Å². The van der Waals surface area contributed by atoms with Crippen molar-refractivity contribution in [2.24, 2.45) is 0 Å². The summed E-state index contributed by atoms with van der Waals surface area (Å²) in [5.41, 5.74) is 0.968. The van der Waals surface area contributed by atoms with Gasteiger partial charge in [-0.2, -0.15) is 0 Å². The summed E-state index contributed by atoms with van der Waals surface area (Å²) in [7, 11) is 2.00. The van der Waals surface area contributed by atoms with E-state index in [4.69, 9.17) is 0 Å². The highest BCUT2D eigenvalue weighted by Gasteiger charge is 2.28. The zero-order valence-corrected chi connectivity index (χ0v) is 14.5. The first-order chi connectivity index (χ1) is 10.4. The number of carbonyl (C=O) groups excluding carboxylic acids is 1. The Morgan fingerprint density at radius 2 is 1.86 bits per heavy atom. The summed E-state index contributed by atoms with van der Waals surface area (Å²) in [5, 5.41) is 5.12. The van der Waals surface area contributed by atoms with Crippen molar-refractivity contribution in [3.05, 3.63) is 58.3 Å². The zero-order valence-electron chi connectivity index (χ0n) is 13.7. The van der Waals surface area contributed by atoms with E-state index in [-0.39, 0.29) is 17.5 Å². The van der Waals surface area contributed by atoms with E-state index in [9.17, 15) is 4.79 Å². The SMILES string of the molecule is CN(Cc1ccccc1)C(C(=O)NC(C)(C)C)c1cccs1. The number of likely N-dealkylation sites (N-methyl/N-ethyl adjacent to an activating group) is 1. The molecule has 2 rings (SSSR count). The van der Waals surface area contributed by atoms with Gasteiger partial charge in [-0.3, -0.25) is 9.69 Å². The maximum Gasteiger partial charge on any atom is 0.243 e. The van der Waals surface area contributed by atoms with Crippen LogP contribution in [-0.4, -0.2) is 23.4 Å². The second kappa shape index (κ2) is 7.07. The van der Waals surface area contributed by atoms with E-state index in [1.54, 1.807) is 11.3 Å². The van der Waals surface area contributed by atoms with Gasteiger partial charge in [0.05, 0.1) is 0 Å². The first-order valence-corrected chi connectivity index (χ1v) is 8.34. The first kappa shape index (κ1) is 16.7. The number of carbonyl (C=O) groups is 1. The number of hydrogen-bond acceptors (Lipinski definition) is 3. The second-order valence-electron chi connectivity index (χ2n) is 6.56. The fourth-order valence-corrected chi connectivity index (χ4v) is 3.28. The molecule has 0 saturated carbocycles. The molecule has 118 valence electrons. The average Bonchev–Trinajstić information content (AvgIpc) is 2.91. The zero-order chi connectivity index (χ0) is 16.2. The highest BCUT2D eigenvalue weighted by molar-refractivity contribution is 7.10. The van der Waals surface area contributed by atoms with Gasteiger partial charge in [-0.15, -0.1) is 11.3 Å². The van der Waals surface area contributed by atoms with Crippen molar-refractivity contribution >= 4 is 17.2 Å². The smallest absolute Gasteiger partial charge is 0.243 e. The van der Waals surface area contributed by atoms with Gasteiger partial charge in [0.1, 0.15) is 6.04 Å². The van der Waals surface area contributed by atoms with Gasteiger partial charge in [0.25, 0.3) is 0 Å². The molecule has 1 amide bonds. The quantitative estimate of drug-likeness (QED) is 0.909. The number of hydrogen-bond donors (Lipinski definition) is 1.